The summed E-state index contributed by atoms with van der Waals surface area (Å²) in [4.78, 5) is 12.3. The Morgan fingerprint density at radius 2 is 1.85 bits per heavy atom. The number of hydrogen-bond donors (Lipinski definition) is 2. The molecular weight excluding hydrogens is 371 g/mol. The predicted molar refractivity (Wildman–Crippen MR) is 102 cm³/mol. The summed E-state index contributed by atoms with van der Waals surface area (Å²) < 4.78 is 46.2. The van der Waals surface area contributed by atoms with E-state index in [0.717, 1.165) is 0 Å². The zero-order chi connectivity index (χ0) is 20.2. The molecule has 1 amide bonds. The first-order chi connectivity index (χ1) is 12.6. The van der Waals surface area contributed by atoms with Crippen molar-refractivity contribution in [3.63, 3.8) is 0 Å². The van der Waals surface area contributed by atoms with Crippen molar-refractivity contribution in [2.24, 2.45) is 0 Å². The molecule has 8 heteroatoms. The number of sulfonamides is 1. The number of benzene rings is 2. The highest BCUT2D eigenvalue weighted by molar-refractivity contribution is 7.89. The van der Waals surface area contributed by atoms with E-state index in [4.69, 9.17) is 4.74 Å². The molecule has 0 aliphatic carbocycles. The molecule has 2 N–H and O–H groups in total. The molecule has 0 aliphatic heterocycles. The number of halogens is 1. The monoisotopic (exact) mass is 394 g/mol. The fraction of sp³-hybridized carbons (Fsp3) is 0.316. The van der Waals surface area contributed by atoms with Crippen molar-refractivity contribution >= 4 is 21.6 Å². The maximum atomic E-state index is 13.3. The SMILES string of the molecule is CCOc1ccc(S(=O)(=O)N[C@@H](C)C(=O)Nc2cc(F)ccc2C)cc1C. The minimum atomic E-state index is -3.91. The first kappa shape index (κ1) is 20.9. The maximum absolute atomic E-state index is 13.3. The number of hydrogen-bond acceptors (Lipinski definition) is 4. The second-order valence-electron chi connectivity index (χ2n) is 6.15. The van der Waals surface area contributed by atoms with Crippen LogP contribution in [0.4, 0.5) is 10.1 Å². The Kier molecular flexibility index (Phi) is 6.56. The summed E-state index contributed by atoms with van der Waals surface area (Å²) in [6, 6.07) is 7.42. The first-order valence-electron chi connectivity index (χ1n) is 8.47. The second-order valence-corrected chi connectivity index (χ2v) is 7.87. The number of nitrogens with one attached hydrogen (secondary N) is 2. The summed E-state index contributed by atoms with van der Waals surface area (Å²) in [7, 11) is -3.91. The van der Waals surface area contributed by atoms with Crippen molar-refractivity contribution in [1.29, 1.82) is 0 Å². The Morgan fingerprint density at radius 3 is 2.48 bits per heavy atom. The Morgan fingerprint density at radius 1 is 1.15 bits per heavy atom. The highest BCUT2D eigenvalue weighted by Crippen LogP contribution is 2.22. The van der Waals surface area contributed by atoms with Gasteiger partial charge in [-0.3, -0.25) is 4.79 Å². The molecule has 0 fully saturated rings. The minimum Gasteiger partial charge on any atom is -0.494 e. The topological polar surface area (TPSA) is 84.5 Å². The van der Waals surface area contributed by atoms with Gasteiger partial charge in [-0.15, -0.1) is 0 Å². The molecule has 0 spiro atoms. The molecular formula is C19H23FN2O4S. The maximum Gasteiger partial charge on any atom is 0.242 e. The molecule has 0 saturated heterocycles. The van der Waals surface area contributed by atoms with Gasteiger partial charge in [0, 0.05) is 5.69 Å². The quantitative estimate of drug-likeness (QED) is 0.756. The second kappa shape index (κ2) is 8.49. The number of amides is 1. The Balaban J connectivity index is 2.13. The molecule has 2 aromatic rings. The van der Waals surface area contributed by atoms with Crippen LogP contribution in [-0.4, -0.2) is 27.0 Å². The van der Waals surface area contributed by atoms with Crippen molar-refractivity contribution in [1.82, 2.24) is 4.72 Å². The van der Waals surface area contributed by atoms with E-state index in [9.17, 15) is 17.6 Å². The van der Waals surface area contributed by atoms with Crippen LogP contribution in [0.1, 0.15) is 25.0 Å². The van der Waals surface area contributed by atoms with Crippen LogP contribution in [0.5, 0.6) is 5.75 Å². The average molecular weight is 394 g/mol. The van der Waals surface area contributed by atoms with E-state index in [1.807, 2.05) is 6.92 Å². The Labute approximate surface area is 158 Å². The van der Waals surface area contributed by atoms with Gasteiger partial charge in [0.15, 0.2) is 0 Å². The van der Waals surface area contributed by atoms with Gasteiger partial charge in [-0.25, -0.2) is 12.8 Å². The van der Waals surface area contributed by atoms with Crippen LogP contribution in [0.3, 0.4) is 0 Å². The van der Waals surface area contributed by atoms with Crippen molar-refractivity contribution < 1.29 is 22.3 Å². The van der Waals surface area contributed by atoms with Crippen LogP contribution in [0.25, 0.3) is 0 Å². The lowest BCUT2D eigenvalue weighted by molar-refractivity contribution is -0.117. The van der Waals surface area contributed by atoms with Gasteiger partial charge in [0.1, 0.15) is 11.6 Å². The highest BCUT2D eigenvalue weighted by Gasteiger charge is 2.23. The molecule has 2 rings (SSSR count). The van der Waals surface area contributed by atoms with E-state index < -0.39 is 27.8 Å². The summed E-state index contributed by atoms with van der Waals surface area (Å²) in [6.07, 6.45) is 0. The zero-order valence-electron chi connectivity index (χ0n) is 15.7. The number of carbonyl (C=O) groups is 1. The molecule has 6 nitrogen and oxygen atoms in total. The minimum absolute atomic E-state index is 0.0324. The normalized spacial score (nSPS) is 12.5. The average Bonchev–Trinajstić information content (AvgIpc) is 2.59. The zero-order valence-corrected chi connectivity index (χ0v) is 16.5. The molecule has 0 unspecified atom stereocenters. The third-order valence-electron chi connectivity index (χ3n) is 3.94. The molecule has 0 aromatic heterocycles. The van der Waals surface area contributed by atoms with Crippen LogP contribution in [0, 0.1) is 19.7 Å². The summed E-state index contributed by atoms with van der Waals surface area (Å²) in [5.41, 5.74) is 1.64. The van der Waals surface area contributed by atoms with Gasteiger partial charge in [-0.05, 0) is 69.2 Å². The molecule has 0 heterocycles. The van der Waals surface area contributed by atoms with Crippen molar-refractivity contribution in [3.8, 4) is 5.75 Å². The summed E-state index contributed by atoms with van der Waals surface area (Å²) in [5.74, 6) is -0.479. The van der Waals surface area contributed by atoms with Crippen LogP contribution < -0.4 is 14.8 Å². The lowest BCUT2D eigenvalue weighted by atomic mass is 10.2. The van der Waals surface area contributed by atoms with Crippen LogP contribution in [0.15, 0.2) is 41.3 Å². The predicted octanol–water partition coefficient (Wildman–Crippen LogP) is 3.15. The van der Waals surface area contributed by atoms with Gasteiger partial charge in [0.05, 0.1) is 17.5 Å². The van der Waals surface area contributed by atoms with Gasteiger partial charge in [0.2, 0.25) is 15.9 Å². The van der Waals surface area contributed by atoms with E-state index in [2.05, 4.69) is 10.0 Å². The van der Waals surface area contributed by atoms with Crippen LogP contribution in [0.2, 0.25) is 0 Å². The fourth-order valence-electron chi connectivity index (χ4n) is 2.43. The van der Waals surface area contributed by atoms with Gasteiger partial charge in [-0.1, -0.05) is 6.07 Å². The molecule has 0 saturated carbocycles. The molecule has 146 valence electrons. The Hall–Kier alpha value is -2.45. The number of rotatable bonds is 7. The third-order valence-corrected chi connectivity index (χ3v) is 5.48. The summed E-state index contributed by atoms with van der Waals surface area (Å²) in [6.45, 7) is 7.19. The molecule has 0 radical (unpaired) electrons. The van der Waals surface area contributed by atoms with E-state index in [0.29, 0.717) is 29.2 Å². The molecule has 2 aromatic carbocycles. The first-order valence-corrected chi connectivity index (χ1v) is 9.95. The summed E-state index contributed by atoms with van der Waals surface area (Å²) >= 11 is 0. The molecule has 0 bridgehead atoms. The van der Waals surface area contributed by atoms with E-state index in [1.54, 1.807) is 19.9 Å². The van der Waals surface area contributed by atoms with Crippen molar-refractivity contribution in [2.45, 2.75) is 38.6 Å². The molecule has 0 aliphatic rings. The van der Waals surface area contributed by atoms with Gasteiger partial charge in [0.25, 0.3) is 0 Å². The standard InChI is InChI=1S/C19H23FN2O4S/c1-5-26-18-9-8-16(10-13(18)3)27(24,25)22-14(4)19(23)21-17-11-15(20)7-6-12(17)2/h6-11,14,22H,5H2,1-4H3,(H,21,23)/t14-/m0/s1. The number of anilines is 1. The van der Waals surface area contributed by atoms with E-state index in [1.165, 1.54) is 37.3 Å². The van der Waals surface area contributed by atoms with Crippen LogP contribution >= 0.6 is 0 Å². The highest BCUT2D eigenvalue weighted by atomic mass is 32.2. The summed E-state index contributed by atoms with van der Waals surface area (Å²) in [5, 5.41) is 2.54. The third kappa shape index (κ3) is 5.27. The van der Waals surface area contributed by atoms with E-state index >= 15 is 0 Å². The number of carbonyl (C=O) groups excluding carboxylic acids is 1. The fourth-order valence-corrected chi connectivity index (χ4v) is 3.72. The number of ether oxygens (including phenoxy) is 1. The Bertz CT molecular complexity index is 945. The lowest BCUT2D eigenvalue weighted by Crippen LogP contribution is -2.41. The van der Waals surface area contributed by atoms with Crippen molar-refractivity contribution in [2.75, 3.05) is 11.9 Å². The smallest absolute Gasteiger partial charge is 0.242 e. The molecule has 1 atom stereocenters. The lowest BCUT2D eigenvalue weighted by Gasteiger charge is -2.16. The van der Waals surface area contributed by atoms with E-state index in [-0.39, 0.29) is 4.90 Å². The van der Waals surface area contributed by atoms with Crippen LogP contribution in [-0.2, 0) is 14.8 Å². The van der Waals surface area contributed by atoms with Crippen molar-refractivity contribution in [3.05, 3.63) is 53.3 Å². The largest absolute Gasteiger partial charge is 0.494 e. The van der Waals surface area contributed by atoms with Gasteiger partial charge in [-0.2, -0.15) is 4.72 Å². The number of aryl methyl sites for hydroxylation is 2. The molecule has 27 heavy (non-hydrogen) atoms. The van der Waals surface area contributed by atoms with Gasteiger partial charge >= 0.3 is 0 Å². The van der Waals surface area contributed by atoms with Gasteiger partial charge < -0.3 is 10.1 Å².